The number of fused-ring (bicyclic) bond motifs is 1. The van der Waals surface area contributed by atoms with E-state index in [9.17, 15) is 4.79 Å². The Kier molecular flexibility index (Phi) is 6.33. The molecular weight excluding hydrogens is 374 g/mol. The number of amides is 1. The fourth-order valence-corrected chi connectivity index (χ4v) is 3.66. The third-order valence-corrected chi connectivity index (χ3v) is 5.37. The largest absolute Gasteiger partial charge is 0.489 e. The Labute approximate surface area is 177 Å². The number of nitrogens with one attached hydrogen (secondary N) is 1. The van der Waals surface area contributed by atoms with Gasteiger partial charge in [-0.1, -0.05) is 36.4 Å². The minimum atomic E-state index is -0.583. The first-order valence-corrected chi connectivity index (χ1v) is 10.5. The van der Waals surface area contributed by atoms with Crippen LogP contribution in [0, 0.1) is 0 Å². The molecule has 4 nitrogen and oxygen atoms in total. The molecule has 30 heavy (non-hydrogen) atoms. The van der Waals surface area contributed by atoms with E-state index in [0.717, 1.165) is 29.9 Å². The standard InChI is InChI=1S/C26H27NO3/c1-19(30-25-14-11-21-9-5-6-10-22(21)17-25)26(28)27-23-12-15-24(16-13-23)29-18-20-7-3-2-4-8-20/h2-4,7-8,11-17,19H,5-6,9-10,18H2,1H3,(H,27,28). The van der Waals surface area contributed by atoms with Gasteiger partial charge >= 0.3 is 0 Å². The van der Waals surface area contributed by atoms with Crippen LogP contribution in [-0.2, 0) is 24.2 Å². The molecule has 3 aromatic rings. The van der Waals surface area contributed by atoms with Gasteiger partial charge in [0.25, 0.3) is 5.91 Å². The third-order valence-electron chi connectivity index (χ3n) is 5.37. The Morgan fingerprint density at radius 2 is 1.60 bits per heavy atom. The molecule has 0 spiro atoms. The van der Waals surface area contributed by atoms with Gasteiger partial charge in [0.05, 0.1) is 0 Å². The number of aryl methyl sites for hydroxylation is 2. The lowest BCUT2D eigenvalue weighted by Gasteiger charge is -2.19. The molecular formula is C26H27NO3. The minimum Gasteiger partial charge on any atom is -0.489 e. The van der Waals surface area contributed by atoms with E-state index in [0.29, 0.717) is 12.3 Å². The van der Waals surface area contributed by atoms with Gasteiger partial charge in [0, 0.05) is 5.69 Å². The van der Waals surface area contributed by atoms with Crippen LogP contribution in [0.5, 0.6) is 11.5 Å². The molecule has 1 unspecified atom stereocenters. The van der Waals surface area contributed by atoms with Crippen LogP contribution in [0.15, 0.2) is 72.8 Å². The molecule has 0 aliphatic heterocycles. The number of carbonyl (C=O) groups is 1. The summed E-state index contributed by atoms with van der Waals surface area (Å²) < 4.78 is 11.7. The second-order valence-electron chi connectivity index (χ2n) is 7.69. The van der Waals surface area contributed by atoms with E-state index in [-0.39, 0.29) is 5.91 Å². The summed E-state index contributed by atoms with van der Waals surface area (Å²) in [5, 5.41) is 2.91. The van der Waals surface area contributed by atoms with Crippen molar-refractivity contribution in [3.8, 4) is 11.5 Å². The Balaban J connectivity index is 1.29. The molecule has 4 heteroatoms. The zero-order valence-corrected chi connectivity index (χ0v) is 17.3. The molecule has 0 saturated heterocycles. The summed E-state index contributed by atoms with van der Waals surface area (Å²) in [5.41, 5.74) is 4.58. The zero-order valence-electron chi connectivity index (χ0n) is 17.3. The van der Waals surface area contributed by atoms with Gasteiger partial charge in [-0.15, -0.1) is 0 Å². The Bertz CT molecular complexity index is 983. The number of hydrogen-bond acceptors (Lipinski definition) is 3. The highest BCUT2D eigenvalue weighted by Gasteiger charge is 2.16. The Morgan fingerprint density at radius 1 is 0.900 bits per heavy atom. The number of rotatable bonds is 7. The molecule has 1 atom stereocenters. The van der Waals surface area contributed by atoms with Crippen LogP contribution in [0.4, 0.5) is 5.69 Å². The maximum Gasteiger partial charge on any atom is 0.265 e. The Morgan fingerprint density at radius 3 is 2.37 bits per heavy atom. The second kappa shape index (κ2) is 9.49. The molecule has 0 saturated carbocycles. The van der Waals surface area contributed by atoms with Crippen molar-refractivity contribution in [2.24, 2.45) is 0 Å². The van der Waals surface area contributed by atoms with Crippen molar-refractivity contribution in [3.05, 3.63) is 89.5 Å². The summed E-state index contributed by atoms with van der Waals surface area (Å²) in [6.07, 6.45) is 4.11. The first-order chi connectivity index (χ1) is 14.7. The van der Waals surface area contributed by atoms with Crippen LogP contribution in [-0.4, -0.2) is 12.0 Å². The molecule has 0 bridgehead atoms. The predicted octanol–water partition coefficient (Wildman–Crippen LogP) is 5.55. The van der Waals surface area contributed by atoms with Crippen molar-refractivity contribution in [2.45, 2.75) is 45.3 Å². The first-order valence-electron chi connectivity index (χ1n) is 10.5. The first kappa shape index (κ1) is 20.0. The van der Waals surface area contributed by atoms with Crippen molar-refractivity contribution < 1.29 is 14.3 Å². The van der Waals surface area contributed by atoms with E-state index in [4.69, 9.17) is 9.47 Å². The zero-order chi connectivity index (χ0) is 20.8. The Hall–Kier alpha value is -3.27. The summed E-state index contributed by atoms with van der Waals surface area (Å²) in [4.78, 5) is 12.5. The highest BCUT2D eigenvalue weighted by molar-refractivity contribution is 5.94. The van der Waals surface area contributed by atoms with Crippen LogP contribution in [0.3, 0.4) is 0 Å². The van der Waals surface area contributed by atoms with E-state index < -0.39 is 6.10 Å². The van der Waals surface area contributed by atoms with Gasteiger partial charge in [-0.05, 0) is 85.7 Å². The van der Waals surface area contributed by atoms with Crippen LogP contribution in [0.25, 0.3) is 0 Å². The molecule has 1 aliphatic rings. The summed E-state index contributed by atoms with van der Waals surface area (Å²) in [7, 11) is 0. The second-order valence-corrected chi connectivity index (χ2v) is 7.69. The fourth-order valence-electron chi connectivity index (χ4n) is 3.66. The number of ether oxygens (including phenoxy) is 2. The summed E-state index contributed by atoms with van der Waals surface area (Å²) >= 11 is 0. The van der Waals surface area contributed by atoms with E-state index in [1.165, 1.54) is 24.0 Å². The van der Waals surface area contributed by atoms with Crippen molar-refractivity contribution in [2.75, 3.05) is 5.32 Å². The van der Waals surface area contributed by atoms with E-state index in [1.807, 2.05) is 60.7 Å². The molecule has 4 rings (SSSR count). The van der Waals surface area contributed by atoms with E-state index in [2.05, 4.69) is 17.4 Å². The lowest BCUT2D eigenvalue weighted by atomic mass is 9.92. The molecule has 1 N–H and O–H groups in total. The minimum absolute atomic E-state index is 0.175. The highest BCUT2D eigenvalue weighted by Crippen LogP contribution is 2.26. The fraction of sp³-hybridized carbons (Fsp3) is 0.269. The average molecular weight is 402 g/mol. The number of hydrogen-bond donors (Lipinski definition) is 1. The van der Waals surface area contributed by atoms with Gasteiger partial charge in [0.2, 0.25) is 0 Å². The van der Waals surface area contributed by atoms with Crippen LogP contribution in [0.1, 0.15) is 36.5 Å². The predicted molar refractivity (Wildman–Crippen MR) is 119 cm³/mol. The van der Waals surface area contributed by atoms with Crippen LogP contribution < -0.4 is 14.8 Å². The van der Waals surface area contributed by atoms with Crippen LogP contribution >= 0.6 is 0 Å². The van der Waals surface area contributed by atoms with Crippen molar-refractivity contribution in [1.29, 1.82) is 0 Å². The normalized spacial score (nSPS) is 13.8. The smallest absolute Gasteiger partial charge is 0.265 e. The van der Waals surface area contributed by atoms with E-state index >= 15 is 0 Å². The van der Waals surface area contributed by atoms with Gasteiger partial charge in [0.15, 0.2) is 6.10 Å². The van der Waals surface area contributed by atoms with Crippen molar-refractivity contribution in [3.63, 3.8) is 0 Å². The monoisotopic (exact) mass is 401 g/mol. The van der Waals surface area contributed by atoms with Gasteiger partial charge < -0.3 is 14.8 Å². The lowest BCUT2D eigenvalue weighted by Crippen LogP contribution is -2.30. The molecule has 0 radical (unpaired) electrons. The van der Waals surface area contributed by atoms with Crippen molar-refractivity contribution >= 4 is 11.6 Å². The number of benzene rings is 3. The molecule has 0 aromatic heterocycles. The topological polar surface area (TPSA) is 47.6 Å². The average Bonchev–Trinajstić information content (AvgIpc) is 2.79. The summed E-state index contributed by atoms with van der Waals surface area (Å²) in [6.45, 7) is 2.28. The molecule has 154 valence electrons. The van der Waals surface area contributed by atoms with Gasteiger partial charge in [0.1, 0.15) is 18.1 Å². The molecule has 1 aliphatic carbocycles. The summed E-state index contributed by atoms with van der Waals surface area (Å²) in [6, 6.07) is 23.6. The maximum atomic E-state index is 12.5. The molecule has 3 aromatic carbocycles. The lowest BCUT2D eigenvalue weighted by molar-refractivity contribution is -0.122. The van der Waals surface area contributed by atoms with Crippen LogP contribution in [0.2, 0.25) is 0 Å². The summed E-state index contributed by atoms with van der Waals surface area (Å²) in [5.74, 6) is 1.34. The third kappa shape index (κ3) is 5.20. The van der Waals surface area contributed by atoms with Gasteiger partial charge in [-0.25, -0.2) is 0 Å². The molecule has 1 amide bonds. The SMILES string of the molecule is CC(Oc1ccc2c(c1)CCCC2)C(=O)Nc1ccc(OCc2ccccc2)cc1. The number of carbonyl (C=O) groups excluding carboxylic acids is 1. The molecule has 0 fully saturated rings. The number of anilines is 1. The van der Waals surface area contributed by atoms with Gasteiger partial charge in [-0.2, -0.15) is 0 Å². The van der Waals surface area contributed by atoms with Gasteiger partial charge in [-0.3, -0.25) is 4.79 Å². The van der Waals surface area contributed by atoms with E-state index in [1.54, 1.807) is 6.92 Å². The quantitative estimate of drug-likeness (QED) is 0.565. The van der Waals surface area contributed by atoms with Crippen molar-refractivity contribution in [1.82, 2.24) is 0 Å². The maximum absolute atomic E-state index is 12.5. The highest BCUT2D eigenvalue weighted by atomic mass is 16.5. The molecule has 0 heterocycles.